The molecule has 2 aliphatic heterocycles. The van der Waals surface area contributed by atoms with Crippen molar-refractivity contribution in [2.24, 2.45) is 11.7 Å². The zero-order valence-electron chi connectivity index (χ0n) is 11.6. The van der Waals surface area contributed by atoms with Crippen LogP contribution in [0.4, 0.5) is 0 Å². The smallest absolute Gasteiger partial charge is 0.0588 e. The summed E-state index contributed by atoms with van der Waals surface area (Å²) in [5.74, 6) is 0.762. The van der Waals surface area contributed by atoms with Crippen LogP contribution < -0.4 is 5.73 Å². The van der Waals surface area contributed by atoms with Crippen molar-refractivity contribution in [1.29, 1.82) is 0 Å². The number of nitrogens with two attached hydrogens (primary N) is 1. The highest BCUT2D eigenvalue weighted by atomic mass is 16.5. The number of ether oxygens (including phenoxy) is 1. The average molecular weight is 260 g/mol. The number of benzene rings is 1. The Balaban J connectivity index is 1.70. The van der Waals surface area contributed by atoms with E-state index in [9.17, 15) is 0 Å². The average Bonchev–Trinajstić information content (AvgIpc) is 2.41. The van der Waals surface area contributed by atoms with Crippen LogP contribution in [0.1, 0.15) is 18.4 Å². The largest absolute Gasteiger partial charge is 0.379 e. The summed E-state index contributed by atoms with van der Waals surface area (Å²) in [5, 5.41) is 0. The summed E-state index contributed by atoms with van der Waals surface area (Å²) >= 11 is 0. The van der Waals surface area contributed by atoms with E-state index in [1.54, 1.807) is 0 Å². The normalized spacial score (nSPS) is 24.1. The van der Waals surface area contributed by atoms with Gasteiger partial charge in [0.25, 0.3) is 0 Å². The molecule has 2 heterocycles. The first-order valence-electron chi connectivity index (χ1n) is 7.41. The first-order chi connectivity index (χ1) is 9.35. The highest BCUT2D eigenvalue weighted by Crippen LogP contribution is 2.44. The second kappa shape index (κ2) is 5.61. The fraction of sp³-hybridized carbons (Fsp3) is 0.625. The summed E-state index contributed by atoms with van der Waals surface area (Å²) < 4.78 is 5.59. The van der Waals surface area contributed by atoms with Gasteiger partial charge in [-0.3, -0.25) is 0 Å². The van der Waals surface area contributed by atoms with E-state index >= 15 is 0 Å². The minimum atomic E-state index is 0.288. The van der Waals surface area contributed by atoms with Crippen LogP contribution in [0.2, 0.25) is 0 Å². The van der Waals surface area contributed by atoms with Crippen LogP contribution >= 0.6 is 0 Å². The number of piperidine rings is 1. The molecule has 1 aromatic rings. The summed E-state index contributed by atoms with van der Waals surface area (Å²) in [4.78, 5) is 2.49. The minimum Gasteiger partial charge on any atom is -0.379 e. The van der Waals surface area contributed by atoms with Crippen molar-refractivity contribution in [2.75, 3.05) is 39.4 Å². The van der Waals surface area contributed by atoms with Crippen molar-refractivity contribution in [1.82, 2.24) is 4.90 Å². The van der Waals surface area contributed by atoms with Crippen LogP contribution in [0.5, 0.6) is 0 Å². The Morgan fingerprint density at radius 3 is 2.37 bits per heavy atom. The maximum absolute atomic E-state index is 5.65. The lowest BCUT2D eigenvalue weighted by atomic mass is 9.65. The van der Waals surface area contributed by atoms with Gasteiger partial charge in [-0.15, -0.1) is 0 Å². The van der Waals surface area contributed by atoms with Gasteiger partial charge in [0.05, 0.1) is 13.2 Å². The van der Waals surface area contributed by atoms with Gasteiger partial charge >= 0.3 is 0 Å². The van der Waals surface area contributed by atoms with Crippen LogP contribution in [0.15, 0.2) is 30.3 Å². The van der Waals surface area contributed by atoms with E-state index < -0.39 is 0 Å². The number of nitrogens with zero attached hydrogens (tertiary/aromatic N) is 1. The molecule has 3 nitrogen and oxygen atoms in total. The standard InChI is InChI=1S/C16H24N2O/c17-8-11-18-9-6-15(7-10-18)16(12-19-13-16)14-4-2-1-3-5-14/h1-5,15H,6-13,17H2. The molecule has 3 rings (SSSR count). The van der Waals surface area contributed by atoms with Gasteiger partial charge in [-0.25, -0.2) is 0 Å². The first kappa shape index (κ1) is 13.1. The first-order valence-corrected chi connectivity index (χ1v) is 7.41. The zero-order chi connectivity index (χ0) is 13.1. The van der Waals surface area contributed by atoms with E-state index in [0.29, 0.717) is 0 Å². The van der Waals surface area contributed by atoms with Crippen LogP contribution in [0, 0.1) is 5.92 Å². The van der Waals surface area contributed by atoms with Gasteiger partial charge in [0.2, 0.25) is 0 Å². The molecule has 1 aromatic carbocycles. The number of likely N-dealkylation sites (tertiary alicyclic amines) is 1. The highest BCUT2D eigenvalue weighted by molar-refractivity contribution is 5.29. The van der Waals surface area contributed by atoms with Crippen molar-refractivity contribution < 1.29 is 4.74 Å². The summed E-state index contributed by atoms with van der Waals surface area (Å²) in [6.45, 7) is 6.00. The van der Waals surface area contributed by atoms with Crippen molar-refractivity contribution in [2.45, 2.75) is 18.3 Å². The molecule has 0 aliphatic carbocycles. The lowest BCUT2D eigenvalue weighted by Crippen LogP contribution is -2.55. The van der Waals surface area contributed by atoms with Gasteiger partial charge in [0, 0.05) is 18.5 Å². The Morgan fingerprint density at radius 2 is 1.84 bits per heavy atom. The van der Waals surface area contributed by atoms with Gasteiger partial charge in [-0.2, -0.15) is 0 Å². The molecule has 0 atom stereocenters. The van der Waals surface area contributed by atoms with E-state index in [1.165, 1.54) is 31.5 Å². The molecular formula is C16H24N2O. The molecule has 2 N–H and O–H groups in total. The van der Waals surface area contributed by atoms with E-state index in [1.807, 2.05) is 0 Å². The molecule has 0 spiro atoms. The third-order valence-electron chi connectivity index (χ3n) is 4.88. The molecule has 0 aromatic heterocycles. The summed E-state index contributed by atoms with van der Waals surface area (Å²) in [6.07, 6.45) is 2.55. The van der Waals surface area contributed by atoms with E-state index in [2.05, 4.69) is 35.2 Å². The molecule has 0 amide bonds. The van der Waals surface area contributed by atoms with Crippen molar-refractivity contribution >= 4 is 0 Å². The summed E-state index contributed by atoms with van der Waals surface area (Å²) in [6, 6.07) is 10.9. The fourth-order valence-electron chi connectivity index (χ4n) is 3.62. The van der Waals surface area contributed by atoms with Crippen molar-refractivity contribution in [3.8, 4) is 0 Å². The molecule has 19 heavy (non-hydrogen) atoms. The fourth-order valence-corrected chi connectivity index (χ4v) is 3.62. The topological polar surface area (TPSA) is 38.5 Å². The third kappa shape index (κ3) is 2.42. The summed E-state index contributed by atoms with van der Waals surface area (Å²) in [7, 11) is 0. The Morgan fingerprint density at radius 1 is 1.16 bits per heavy atom. The molecule has 2 aliphatic rings. The lowest BCUT2D eigenvalue weighted by molar-refractivity contribution is -0.102. The van der Waals surface area contributed by atoms with Crippen LogP contribution in [-0.2, 0) is 10.2 Å². The Hall–Kier alpha value is -0.900. The van der Waals surface area contributed by atoms with E-state index in [4.69, 9.17) is 10.5 Å². The van der Waals surface area contributed by atoms with Crippen LogP contribution in [0.3, 0.4) is 0 Å². The lowest BCUT2D eigenvalue weighted by Gasteiger charge is -2.50. The Bertz CT molecular complexity index is 394. The van der Waals surface area contributed by atoms with Gasteiger partial charge in [0.1, 0.15) is 0 Å². The highest BCUT2D eigenvalue weighted by Gasteiger charge is 2.47. The maximum Gasteiger partial charge on any atom is 0.0588 e. The Kier molecular flexibility index (Phi) is 3.87. The maximum atomic E-state index is 5.65. The molecule has 0 bridgehead atoms. The van der Waals surface area contributed by atoms with Gasteiger partial charge in [-0.1, -0.05) is 30.3 Å². The van der Waals surface area contributed by atoms with E-state index in [-0.39, 0.29) is 5.41 Å². The monoisotopic (exact) mass is 260 g/mol. The predicted octanol–water partition coefficient (Wildman–Crippen LogP) is 1.63. The predicted molar refractivity (Wildman–Crippen MR) is 77.2 cm³/mol. The Labute approximate surface area is 115 Å². The van der Waals surface area contributed by atoms with Gasteiger partial charge < -0.3 is 15.4 Å². The molecule has 2 fully saturated rings. The zero-order valence-corrected chi connectivity index (χ0v) is 11.6. The SMILES string of the molecule is NCCN1CCC(C2(c3ccccc3)COC2)CC1. The van der Waals surface area contributed by atoms with E-state index in [0.717, 1.165) is 32.2 Å². The van der Waals surface area contributed by atoms with Crippen molar-refractivity contribution in [3.63, 3.8) is 0 Å². The van der Waals surface area contributed by atoms with Crippen LogP contribution in [0.25, 0.3) is 0 Å². The van der Waals surface area contributed by atoms with Gasteiger partial charge in [0.15, 0.2) is 0 Å². The minimum absolute atomic E-state index is 0.288. The molecule has 0 radical (unpaired) electrons. The summed E-state index contributed by atoms with van der Waals surface area (Å²) in [5.41, 5.74) is 7.41. The number of hydrogen-bond donors (Lipinski definition) is 1. The molecule has 3 heteroatoms. The molecule has 0 unspecified atom stereocenters. The molecular weight excluding hydrogens is 236 g/mol. The number of rotatable bonds is 4. The second-order valence-electron chi connectivity index (χ2n) is 5.92. The molecule has 2 saturated heterocycles. The molecule has 0 saturated carbocycles. The van der Waals surface area contributed by atoms with Gasteiger partial charge in [-0.05, 0) is 37.4 Å². The van der Waals surface area contributed by atoms with Crippen LogP contribution in [-0.4, -0.2) is 44.3 Å². The second-order valence-corrected chi connectivity index (χ2v) is 5.92. The van der Waals surface area contributed by atoms with Crippen molar-refractivity contribution in [3.05, 3.63) is 35.9 Å². The number of hydrogen-bond acceptors (Lipinski definition) is 3. The molecule has 104 valence electrons. The third-order valence-corrected chi connectivity index (χ3v) is 4.88. The quantitative estimate of drug-likeness (QED) is 0.894.